The number of benzene rings is 1. The van der Waals surface area contributed by atoms with Gasteiger partial charge < -0.3 is 15.1 Å². The van der Waals surface area contributed by atoms with Gasteiger partial charge in [-0.1, -0.05) is 30.3 Å². The van der Waals surface area contributed by atoms with E-state index in [2.05, 4.69) is 20.2 Å². The van der Waals surface area contributed by atoms with Gasteiger partial charge in [0.05, 0.1) is 6.42 Å². The van der Waals surface area contributed by atoms with E-state index in [-0.39, 0.29) is 11.9 Å². The molecule has 1 saturated heterocycles. The van der Waals surface area contributed by atoms with Crippen molar-refractivity contribution in [3.8, 4) is 0 Å². The number of nitrogens with zero attached hydrogens (tertiary/aromatic N) is 4. The summed E-state index contributed by atoms with van der Waals surface area (Å²) in [5.74, 6) is 1.88. The van der Waals surface area contributed by atoms with Gasteiger partial charge in [0.25, 0.3) is 0 Å². The molecule has 0 radical (unpaired) electrons. The predicted molar refractivity (Wildman–Crippen MR) is 99.9 cm³/mol. The van der Waals surface area contributed by atoms with Crippen molar-refractivity contribution in [2.45, 2.75) is 25.3 Å². The highest BCUT2D eigenvalue weighted by Gasteiger charge is 2.22. The minimum atomic E-state index is 0.0784. The molecule has 1 amide bonds. The van der Waals surface area contributed by atoms with Crippen molar-refractivity contribution < 1.29 is 4.79 Å². The van der Waals surface area contributed by atoms with Crippen LogP contribution in [-0.4, -0.2) is 49.1 Å². The number of anilines is 2. The van der Waals surface area contributed by atoms with E-state index in [1.807, 2.05) is 55.4 Å². The molecule has 1 aliphatic heterocycles. The standard InChI is InChI=1S/C19H25N5O/c1-23(2)17-12-18(21-14-20-17)24-10-6-9-16(13-24)22-19(25)11-15-7-4-3-5-8-15/h3-5,7-8,12,14,16H,6,9-11,13H2,1-2H3,(H,22,25). The number of hydrogen-bond donors (Lipinski definition) is 1. The Morgan fingerprint density at radius 2 is 2.08 bits per heavy atom. The van der Waals surface area contributed by atoms with Crippen LogP contribution in [0.1, 0.15) is 18.4 Å². The fourth-order valence-electron chi connectivity index (χ4n) is 3.12. The molecule has 1 N–H and O–H groups in total. The van der Waals surface area contributed by atoms with Crippen molar-refractivity contribution in [2.75, 3.05) is 37.0 Å². The first-order chi connectivity index (χ1) is 12.1. The second kappa shape index (κ2) is 7.96. The molecule has 2 heterocycles. The van der Waals surface area contributed by atoms with E-state index in [1.54, 1.807) is 6.33 Å². The monoisotopic (exact) mass is 339 g/mol. The average Bonchev–Trinajstić information content (AvgIpc) is 2.63. The van der Waals surface area contributed by atoms with Crippen LogP contribution in [0.25, 0.3) is 0 Å². The number of hydrogen-bond acceptors (Lipinski definition) is 5. The fraction of sp³-hybridized carbons (Fsp3) is 0.421. The summed E-state index contributed by atoms with van der Waals surface area (Å²) in [6.45, 7) is 1.74. The SMILES string of the molecule is CN(C)c1cc(N2CCCC(NC(=O)Cc3ccccc3)C2)ncn1. The normalized spacial score (nSPS) is 17.2. The van der Waals surface area contributed by atoms with E-state index in [0.717, 1.165) is 43.1 Å². The quantitative estimate of drug-likeness (QED) is 0.901. The van der Waals surface area contributed by atoms with Crippen LogP contribution in [0.15, 0.2) is 42.7 Å². The van der Waals surface area contributed by atoms with Crippen molar-refractivity contribution in [1.82, 2.24) is 15.3 Å². The molecule has 0 aliphatic carbocycles. The highest BCUT2D eigenvalue weighted by molar-refractivity contribution is 5.79. The first-order valence-electron chi connectivity index (χ1n) is 8.69. The van der Waals surface area contributed by atoms with Crippen LogP contribution in [0.4, 0.5) is 11.6 Å². The second-order valence-corrected chi connectivity index (χ2v) is 6.64. The zero-order chi connectivity index (χ0) is 17.6. The van der Waals surface area contributed by atoms with E-state index in [9.17, 15) is 4.79 Å². The summed E-state index contributed by atoms with van der Waals surface area (Å²) >= 11 is 0. The third-order valence-electron chi connectivity index (χ3n) is 4.41. The van der Waals surface area contributed by atoms with Crippen LogP contribution >= 0.6 is 0 Å². The molecule has 0 saturated carbocycles. The summed E-state index contributed by atoms with van der Waals surface area (Å²) in [5.41, 5.74) is 1.04. The molecular weight excluding hydrogens is 314 g/mol. The Labute approximate surface area is 148 Å². The maximum absolute atomic E-state index is 12.3. The minimum absolute atomic E-state index is 0.0784. The van der Waals surface area contributed by atoms with Gasteiger partial charge in [0.15, 0.2) is 0 Å². The molecule has 132 valence electrons. The lowest BCUT2D eigenvalue weighted by Gasteiger charge is -2.34. The van der Waals surface area contributed by atoms with E-state index >= 15 is 0 Å². The number of carbonyl (C=O) groups is 1. The Kier molecular flexibility index (Phi) is 5.48. The lowest BCUT2D eigenvalue weighted by atomic mass is 10.0. The maximum Gasteiger partial charge on any atom is 0.224 e. The van der Waals surface area contributed by atoms with Gasteiger partial charge in [-0.15, -0.1) is 0 Å². The Bertz CT molecular complexity index is 704. The molecule has 1 unspecified atom stereocenters. The van der Waals surface area contributed by atoms with Crippen LogP contribution in [0.5, 0.6) is 0 Å². The zero-order valence-corrected chi connectivity index (χ0v) is 14.9. The number of rotatable bonds is 5. The largest absolute Gasteiger partial charge is 0.363 e. The molecule has 25 heavy (non-hydrogen) atoms. The molecule has 1 atom stereocenters. The summed E-state index contributed by atoms with van der Waals surface area (Å²) in [6.07, 6.45) is 4.07. The lowest BCUT2D eigenvalue weighted by molar-refractivity contribution is -0.121. The smallest absolute Gasteiger partial charge is 0.224 e. The first kappa shape index (κ1) is 17.2. The number of aromatic nitrogens is 2. The molecule has 6 nitrogen and oxygen atoms in total. The number of nitrogens with one attached hydrogen (secondary N) is 1. The average molecular weight is 339 g/mol. The Morgan fingerprint density at radius 3 is 2.84 bits per heavy atom. The Balaban J connectivity index is 1.59. The molecule has 3 rings (SSSR count). The van der Waals surface area contributed by atoms with E-state index in [4.69, 9.17) is 0 Å². The minimum Gasteiger partial charge on any atom is -0.363 e. The Hall–Kier alpha value is -2.63. The Morgan fingerprint density at radius 1 is 1.28 bits per heavy atom. The van der Waals surface area contributed by atoms with Gasteiger partial charge in [-0.25, -0.2) is 9.97 Å². The summed E-state index contributed by atoms with van der Waals surface area (Å²) in [4.78, 5) is 25.2. The van der Waals surface area contributed by atoms with E-state index in [0.29, 0.717) is 6.42 Å². The van der Waals surface area contributed by atoms with Gasteiger partial charge in [-0.2, -0.15) is 0 Å². The molecule has 1 fully saturated rings. The molecule has 6 heteroatoms. The third-order valence-corrected chi connectivity index (χ3v) is 4.41. The van der Waals surface area contributed by atoms with Crippen molar-refractivity contribution in [2.24, 2.45) is 0 Å². The number of carbonyl (C=O) groups excluding carboxylic acids is 1. The molecule has 0 bridgehead atoms. The lowest BCUT2D eigenvalue weighted by Crippen LogP contribution is -2.48. The predicted octanol–water partition coefficient (Wildman–Crippen LogP) is 1.87. The number of amides is 1. The van der Waals surface area contributed by atoms with Crippen LogP contribution < -0.4 is 15.1 Å². The molecule has 0 spiro atoms. The summed E-state index contributed by atoms with van der Waals surface area (Å²) in [5, 5.41) is 3.17. The molecule has 1 aliphatic rings. The van der Waals surface area contributed by atoms with Crippen molar-refractivity contribution in [3.05, 3.63) is 48.3 Å². The van der Waals surface area contributed by atoms with Gasteiger partial charge in [-0.05, 0) is 18.4 Å². The van der Waals surface area contributed by atoms with E-state index in [1.165, 1.54) is 0 Å². The molecule has 1 aromatic heterocycles. The van der Waals surface area contributed by atoms with Crippen molar-refractivity contribution in [1.29, 1.82) is 0 Å². The van der Waals surface area contributed by atoms with Crippen LogP contribution in [-0.2, 0) is 11.2 Å². The summed E-state index contributed by atoms with van der Waals surface area (Å²) < 4.78 is 0. The van der Waals surface area contributed by atoms with Gasteiger partial charge in [0.2, 0.25) is 5.91 Å². The summed E-state index contributed by atoms with van der Waals surface area (Å²) in [7, 11) is 3.93. The highest BCUT2D eigenvalue weighted by Crippen LogP contribution is 2.20. The molecule has 1 aromatic carbocycles. The zero-order valence-electron chi connectivity index (χ0n) is 14.9. The second-order valence-electron chi connectivity index (χ2n) is 6.64. The van der Waals surface area contributed by atoms with Crippen LogP contribution in [0.3, 0.4) is 0 Å². The van der Waals surface area contributed by atoms with Gasteiger partial charge in [-0.3, -0.25) is 4.79 Å². The summed E-state index contributed by atoms with van der Waals surface area (Å²) in [6, 6.07) is 12.0. The molecular formula is C19H25N5O. The van der Waals surface area contributed by atoms with Gasteiger partial charge in [0.1, 0.15) is 18.0 Å². The fourth-order valence-corrected chi connectivity index (χ4v) is 3.12. The van der Waals surface area contributed by atoms with E-state index < -0.39 is 0 Å². The van der Waals surface area contributed by atoms with Crippen molar-refractivity contribution >= 4 is 17.5 Å². The van der Waals surface area contributed by atoms with Crippen LogP contribution in [0, 0.1) is 0 Å². The third kappa shape index (κ3) is 4.68. The van der Waals surface area contributed by atoms with Gasteiger partial charge in [0, 0.05) is 39.3 Å². The van der Waals surface area contributed by atoms with Crippen LogP contribution in [0.2, 0.25) is 0 Å². The topological polar surface area (TPSA) is 61.4 Å². The van der Waals surface area contributed by atoms with Gasteiger partial charge >= 0.3 is 0 Å². The maximum atomic E-state index is 12.3. The first-order valence-corrected chi connectivity index (χ1v) is 8.69. The van der Waals surface area contributed by atoms with Crippen molar-refractivity contribution in [3.63, 3.8) is 0 Å². The molecule has 2 aromatic rings. The number of piperidine rings is 1. The highest BCUT2D eigenvalue weighted by atomic mass is 16.1.